The number of rotatable bonds is 5. The fourth-order valence-electron chi connectivity index (χ4n) is 2.56. The molecule has 1 aromatic heterocycles. The molecule has 1 heterocycles. The van der Waals surface area contributed by atoms with Gasteiger partial charge in [-0.1, -0.05) is 60.7 Å². The lowest BCUT2D eigenvalue weighted by atomic mass is 10.1. The molecule has 2 aromatic carbocycles. The first-order valence-electron chi connectivity index (χ1n) is 7.23. The van der Waals surface area contributed by atoms with Crippen LogP contribution < -0.4 is 5.73 Å². The molecule has 0 saturated carbocycles. The second-order valence-electron chi connectivity index (χ2n) is 5.15. The van der Waals surface area contributed by atoms with Crippen LogP contribution in [-0.4, -0.2) is 16.9 Å². The van der Waals surface area contributed by atoms with Crippen molar-refractivity contribution in [2.75, 3.05) is 12.8 Å². The van der Waals surface area contributed by atoms with Crippen LogP contribution >= 0.6 is 0 Å². The largest absolute Gasteiger partial charge is 0.383 e. The number of ether oxygens (including phenoxy) is 1. The average molecular weight is 293 g/mol. The van der Waals surface area contributed by atoms with Gasteiger partial charge in [-0.3, -0.25) is 0 Å². The first-order chi connectivity index (χ1) is 10.8. The standard InChI is InChI=1S/C18H19N3O/c1-22-13-16-17(15-10-6-3-7-11-15)18(19)21(20-16)12-14-8-4-2-5-9-14/h2-11H,12-13,19H2,1H3. The summed E-state index contributed by atoms with van der Waals surface area (Å²) in [6, 6.07) is 20.2. The van der Waals surface area contributed by atoms with Crippen LogP contribution in [0.3, 0.4) is 0 Å². The maximum Gasteiger partial charge on any atom is 0.130 e. The molecule has 0 spiro atoms. The van der Waals surface area contributed by atoms with Crippen molar-refractivity contribution in [2.24, 2.45) is 0 Å². The highest BCUT2D eigenvalue weighted by Gasteiger charge is 2.17. The van der Waals surface area contributed by atoms with Gasteiger partial charge >= 0.3 is 0 Å². The number of anilines is 1. The van der Waals surface area contributed by atoms with Crippen LogP contribution in [0.15, 0.2) is 60.7 Å². The van der Waals surface area contributed by atoms with Gasteiger partial charge in [0.2, 0.25) is 0 Å². The third kappa shape index (κ3) is 2.87. The Morgan fingerprint density at radius 3 is 2.27 bits per heavy atom. The number of nitrogens with zero attached hydrogens (tertiary/aromatic N) is 2. The molecule has 0 radical (unpaired) electrons. The molecule has 0 saturated heterocycles. The molecule has 4 heteroatoms. The number of hydrogen-bond donors (Lipinski definition) is 1. The van der Waals surface area contributed by atoms with Crippen molar-refractivity contribution in [1.82, 2.24) is 9.78 Å². The van der Waals surface area contributed by atoms with E-state index in [1.54, 1.807) is 7.11 Å². The molecule has 0 fully saturated rings. The molecular formula is C18H19N3O. The predicted octanol–water partition coefficient (Wildman–Crippen LogP) is 3.33. The molecule has 4 nitrogen and oxygen atoms in total. The predicted molar refractivity (Wildman–Crippen MR) is 88.3 cm³/mol. The molecular weight excluding hydrogens is 274 g/mol. The van der Waals surface area contributed by atoms with Crippen molar-refractivity contribution in [2.45, 2.75) is 13.2 Å². The fraction of sp³-hybridized carbons (Fsp3) is 0.167. The smallest absolute Gasteiger partial charge is 0.130 e. The Bertz CT molecular complexity index is 736. The molecule has 3 aromatic rings. The van der Waals surface area contributed by atoms with Gasteiger partial charge in [-0.25, -0.2) is 4.68 Å². The minimum atomic E-state index is 0.441. The molecule has 0 unspecified atom stereocenters. The lowest BCUT2D eigenvalue weighted by molar-refractivity contribution is 0.181. The van der Waals surface area contributed by atoms with Crippen LogP contribution in [0.1, 0.15) is 11.3 Å². The van der Waals surface area contributed by atoms with Crippen molar-refractivity contribution in [3.8, 4) is 11.1 Å². The highest BCUT2D eigenvalue weighted by Crippen LogP contribution is 2.30. The van der Waals surface area contributed by atoms with Crippen LogP contribution in [0, 0.1) is 0 Å². The van der Waals surface area contributed by atoms with E-state index in [2.05, 4.69) is 17.2 Å². The topological polar surface area (TPSA) is 53.1 Å². The summed E-state index contributed by atoms with van der Waals surface area (Å²) in [5.74, 6) is 0.669. The monoisotopic (exact) mass is 293 g/mol. The second kappa shape index (κ2) is 6.45. The lowest BCUT2D eigenvalue weighted by Crippen LogP contribution is -2.06. The summed E-state index contributed by atoms with van der Waals surface area (Å²) in [5, 5.41) is 4.64. The van der Waals surface area contributed by atoms with Gasteiger partial charge < -0.3 is 10.5 Å². The lowest BCUT2D eigenvalue weighted by Gasteiger charge is -2.05. The minimum absolute atomic E-state index is 0.441. The minimum Gasteiger partial charge on any atom is -0.383 e. The Morgan fingerprint density at radius 2 is 1.64 bits per heavy atom. The first-order valence-corrected chi connectivity index (χ1v) is 7.23. The Kier molecular flexibility index (Phi) is 4.21. The third-order valence-electron chi connectivity index (χ3n) is 3.58. The maximum atomic E-state index is 6.36. The number of nitrogens with two attached hydrogens (primary N) is 1. The van der Waals surface area contributed by atoms with E-state index in [4.69, 9.17) is 10.5 Å². The molecule has 0 aliphatic carbocycles. The van der Waals surface area contributed by atoms with Gasteiger partial charge in [0.1, 0.15) is 5.82 Å². The van der Waals surface area contributed by atoms with Crippen molar-refractivity contribution in [1.29, 1.82) is 0 Å². The SMILES string of the molecule is COCc1nn(Cc2ccccc2)c(N)c1-c1ccccc1. The quantitative estimate of drug-likeness (QED) is 0.785. The summed E-state index contributed by atoms with van der Waals surface area (Å²) in [7, 11) is 1.67. The van der Waals surface area contributed by atoms with E-state index in [-0.39, 0.29) is 0 Å². The first kappa shape index (κ1) is 14.4. The van der Waals surface area contributed by atoms with Crippen molar-refractivity contribution in [3.05, 3.63) is 71.9 Å². The van der Waals surface area contributed by atoms with Crippen LogP contribution in [0.4, 0.5) is 5.82 Å². The Balaban J connectivity index is 2.02. The molecule has 2 N–H and O–H groups in total. The summed E-state index contributed by atoms with van der Waals surface area (Å²) < 4.78 is 7.12. The molecule has 22 heavy (non-hydrogen) atoms. The van der Waals surface area contributed by atoms with E-state index in [1.807, 2.05) is 53.2 Å². The summed E-state index contributed by atoms with van der Waals surface area (Å²) in [4.78, 5) is 0. The molecule has 112 valence electrons. The van der Waals surface area contributed by atoms with Gasteiger partial charge in [-0.05, 0) is 11.1 Å². The molecule has 0 amide bonds. The zero-order chi connectivity index (χ0) is 15.4. The number of benzene rings is 2. The molecule has 0 atom stereocenters. The second-order valence-corrected chi connectivity index (χ2v) is 5.15. The molecule has 0 bridgehead atoms. The molecule has 0 aliphatic heterocycles. The van der Waals surface area contributed by atoms with Crippen LogP contribution in [-0.2, 0) is 17.9 Å². The van der Waals surface area contributed by atoms with E-state index in [9.17, 15) is 0 Å². The van der Waals surface area contributed by atoms with E-state index >= 15 is 0 Å². The molecule has 3 rings (SSSR count). The van der Waals surface area contributed by atoms with Crippen LogP contribution in [0.5, 0.6) is 0 Å². The van der Waals surface area contributed by atoms with E-state index in [0.717, 1.165) is 16.8 Å². The third-order valence-corrected chi connectivity index (χ3v) is 3.58. The summed E-state index contributed by atoms with van der Waals surface area (Å²) in [6.45, 7) is 1.09. The number of aromatic nitrogens is 2. The van der Waals surface area contributed by atoms with Crippen molar-refractivity contribution < 1.29 is 4.74 Å². The van der Waals surface area contributed by atoms with Crippen LogP contribution in [0.2, 0.25) is 0 Å². The highest BCUT2D eigenvalue weighted by atomic mass is 16.5. The summed E-state index contributed by atoms with van der Waals surface area (Å²) in [5.41, 5.74) is 10.4. The molecule has 0 aliphatic rings. The van der Waals surface area contributed by atoms with Crippen molar-refractivity contribution in [3.63, 3.8) is 0 Å². The number of methoxy groups -OCH3 is 1. The highest BCUT2D eigenvalue weighted by molar-refractivity contribution is 5.76. The van der Waals surface area contributed by atoms with E-state index in [0.29, 0.717) is 19.0 Å². The Morgan fingerprint density at radius 1 is 1.00 bits per heavy atom. The zero-order valence-electron chi connectivity index (χ0n) is 12.6. The van der Waals surface area contributed by atoms with Gasteiger partial charge in [-0.2, -0.15) is 5.10 Å². The number of hydrogen-bond acceptors (Lipinski definition) is 3. The average Bonchev–Trinajstić information content (AvgIpc) is 2.85. The summed E-state index contributed by atoms with van der Waals surface area (Å²) >= 11 is 0. The van der Waals surface area contributed by atoms with Gasteiger partial charge in [0, 0.05) is 12.7 Å². The van der Waals surface area contributed by atoms with Gasteiger partial charge in [-0.15, -0.1) is 0 Å². The van der Waals surface area contributed by atoms with Crippen LogP contribution in [0.25, 0.3) is 11.1 Å². The van der Waals surface area contributed by atoms with Crippen molar-refractivity contribution >= 4 is 5.82 Å². The van der Waals surface area contributed by atoms with Gasteiger partial charge in [0.25, 0.3) is 0 Å². The normalized spacial score (nSPS) is 10.8. The Labute approximate surface area is 130 Å². The fourth-order valence-corrected chi connectivity index (χ4v) is 2.56. The van der Waals surface area contributed by atoms with E-state index in [1.165, 1.54) is 5.56 Å². The van der Waals surface area contributed by atoms with E-state index < -0.39 is 0 Å². The van der Waals surface area contributed by atoms with Gasteiger partial charge in [0.05, 0.1) is 18.8 Å². The zero-order valence-corrected chi connectivity index (χ0v) is 12.6. The van der Waals surface area contributed by atoms with Gasteiger partial charge in [0.15, 0.2) is 0 Å². The number of nitrogen functional groups attached to an aromatic ring is 1. The Hall–Kier alpha value is -2.59. The maximum absolute atomic E-state index is 6.36. The summed E-state index contributed by atoms with van der Waals surface area (Å²) in [6.07, 6.45) is 0.